The summed E-state index contributed by atoms with van der Waals surface area (Å²) in [6, 6.07) is 189. The predicted molar refractivity (Wildman–Crippen MR) is 562 cm³/mol. The molecule has 0 saturated heterocycles. The lowest BCUT2D eigenvalue weighted by atomic mass is 10.00. The zero-order valence-electron chi connectivity index (χ0n) is 73.4. The summed E-state index contributed by atoms with van der Waals surface area (Å²) in [5.74, 6) is 0. The van der Waals surface area contributed by atoms with E-state index in [1.165, 1.54) is 115 Å². The molecule has 6 heteroatoms. The van der Waals surface area contributed by atoms with Crippen LogP contribution in [0.4, 0.5) is 85.3 Å². The Labute approximate surface area is 767 Å². The highest BCUT2D eigenvalue weighted by atomic mass is 15.2. The van der Waals surface area contributed by atoms with Gasteiger partial charge in [-0.1, -0.05) is 352 Å². The van der Waals surface area contributed by atoms with Gasteiger partial charge in [-0.25, -0.2) is 0 Å². The number of fused-ring (bicyclic) bond motifs is 5. The average molecular weight is 1680 g/mol. The Bertz CT molecular complexity index is 7580. The SMILES string of the molecule is CN(c1ccc(-c2ccccc2)cc1)c1ccc(N(c2ccc(-c3ccccc3)cc2)c2ccc3ccccc3c2)cc1.CN(c1ccc(N(c2ccc(-c3ccccc3)cc2)c2ccc3ccccc3c2)cc1)c1c2ccccc2cc2ccccc12.CN(c1ccc(N(c2ccc(-c3ccccc3)cc2)c2ccc3ccccc3c2)cc1)c1cccc(-c2ccccc2)c1. The van der Waals surface area contributed by atoms with Gasteiger partial charge in [0, 0.05) is 112 Å². The first-order valence-corrected chi connectivity index (χ1v) is 44.7. The van der Waals surface area contributed by atoms with E-state index in [1.807, 2.05) is 0 Å². The van der Waals surface area contributed by atoms with Gasteiger partial charge < -0.3 is 29.4 Å². The van der Waals surface area contributed by atoms with E-state index in [-0.39, 0.29) is 0 Å². The van der Waals surface area contributed by atoms with Gasteiger partial charge in [0.05, 0.1) is 5.69 Å². The molecule has 0 unspecified atom stereocenters. The van der Waals surface area contributed by atoms with Crippen molar-refractivity contribution >= 4 is 139 Å². The third-order valence-corrected chi connectivity index (χ3v) is 24.9. The molecular weight excluding hydrogens is 1590 g/mol. The highest BCUT2D eigenvalue weighted by Gasteiger charge is 2.21. The van der Waals surface area contributed by atoms with Crippen molar-refractivity contribution in [1.82, 2.24) is 0 Å². The normalized spacial score (nSPS) is 11.0. The Balaban J connectivity index is 0.000000123. The third kappa shape index (κ3) is 18.1. The van der Waals surface area contributed by atoms with Gasteiger partial charge in [-0.05, 0) is 275 Å². The van der Waals surface area contributed by atoms with Gasteiger partial charge >= 0.3 is 0 Å². The Morgan fingerprint density at radius 3 is 0.626 bits per heavy atom. The largest absolute Gasteiger partial charge is 0.345 e. The molecule has 0 saturated carbocycles. The van der Waals surface area contributed by atoms with Crippen LogP contribution in [0.25, 0.3) is 109 Å². The monoisotopic (exact) mass is 1680 g/mol. The van der Waals surface area contributed by atoms with Crippen molar-refractivity contribution in [1.29, 1.82) is 0 Å². The second kappa shape index (κ2) is 38.0. The topological polar surface area (TPSA) is 19.4 Å². The van der Waals surface area contributed by atoms with E-state index in [9.17, 15) is 0 Å². The van der Waals surface area contributed by atoms with Crippen LogP contribution >= 0.6 is 0 Å². The Kier molecular flexibility index (Phi) is 23.9. The maximum Gasteiger partial charge on any atom is 0.0567 e. The van der Waals surface area contributed by atoms with Gasteiger partial charge in [0.2, 0.25) is 0 Å². The molecule has 0 aliphatic heterocycles. The molecule has 0 aliphatic carbocycles. The Hall–Kier alpha value is -17.1. The van der Waals surface area contributed by atoms with Gasteiger partial charge in [0.15, 0.2) is 0 Å². The maximum atomic E-state index is 2.35. The van der Waals surface area contributed by atoms with Crippen LogP contribution in [0.5, 0.6) is 0 Å². The van der Waals surface area contributed by atoms with E-state index < -0.39 is 0 Å². The maximum absolute atomic E-state index is 2.35. The minimum absolute atomic E-state index is 1.11. The van der Waals surface area contributed by atoms with Crippen LogP contribution in [0.1, 0.15) is 0 Å². The lowest BCUT2D eigenvalue weighted by Gasteiger charge is -2.28. The van der Waals surface area contributed by atoms with Crippen LogP contribution in [-0.2, 0) is 0 Å². The molecule has 131 heavy (non-hydrogen) atoms. The molecule has 626 valence electrons. The minimum Gasteiger partial charge on any atom is -0.345 e. The summed E-state index contributed by atoms with van der Waals surface area (Å²) in [5, 5.41) is 12.4. The van der Waals surface area contributed by atoms with Crippen LogP contribution in [-0.4, -0.2) is 21.1 Å². The molecule has 0 N–H and O–H groups in total. The van der Waals surface area contributed by atoms with Crippen molar-refractivity contribution in [2.45, 2.75) is 0 Å². The van der Waals surface area contributed by atoms with E-state index in [4.69, 9.17) is 0 Å². The molecule has 0 bridgehead atoms. The fourth-order valence-corrected chi connectivity index (χ4v) is 17.9. The van der Waals surface area contributed by atoms with Crippen molar-refractivity contribution in [3.8, 4) is 55.6 Å². The number of hydrogen-bond acceptors (Lipinski definition) is 6. The number of benzene rings is 22. The molecule has 0 aliphatic rings. The fourth-order valence-electron chi connectivity index (χ4n) is 17.9. The number of hydrogen-bond donors (Lipinski definition) is 0. The number of rotatable bonds is 20. The summed E-state index contributed by atoms with van der Waals surface area (Å²) in [4.78, 5) is 13.8. The fraction of sp³-hybridized carbons (Fsp3) is 0.0240. The smallest absolute Gasteiger partial charge is 0.0567 e. The molecule has 0 heterocycles. The minimum atomic E-state index is 1.11. The molecule has 0 amide bonds. The standard InChI is InChI=1S/C43H32N2.2C41H32N2/c1-44(43-41-17-9-7-15-35(41)29-36-16-8-10-18-42(36)43)37-25-27-39(28-26-37)45(40-24-21-32-13-5-6-14-34(32)30-40)38-22-19-33(20-23-38)31-11-3-2-4-12-31;1-42(40-18-10-17-36(29-40)32-13-6-3-7-14-32)37-25-27-39(28-26-37)43(41-24-21-33-15-8-9-16-35(33)30-41)38-22-19-34(20-23-38)31-11-4-2-5-12-31;1-42(37-21-16-34(17-22-37)31-10-4-2-5-11-31)38-26-28-40(29-27-38)43(41-25-20-33-14-8-9-15-36(33)30-41)39-23-18-35(19-24-39)32-12-6-3-7-13-32/h2-30H,1H3;2*2-30H,1H3. The average Bonchev–Trinajstić information content (AvgIpc) is 0.747. The van der Waals surface area contributed by atoms with Gasteiger partial charge in [0.25, 0.3) is 0 Å². The van der Waals surface area contributed by atoms with Crippen LogP contribution in [0.3, 0.4) is 0 Å². The zero-order chi connectivity index (χ0) is 88.2. The molecule has 0 aromatic heterocycles. The van der Waals surface area contributed by atoms with Crippen LogP contribution in [0.2, 0.25) is 0 Å². The summed E-state index contributed by atoms with van der Waals surface area (Å²) in [7, 11) is 6.42. The van der Waals surface area contributed by atoms with Crippen LogP contribution in [0, 0.1) is 0 Å². The first-order chi connectivity index (χ1) is 64.7. The van der Waals surface area contributed by atoms with Gasteiger partial charge in [-0.15, -0.1) is 0 Å². The molecule has 0 radical (unpaired) electrons. The summed E-state index contributed by atoms with van der Waals surface area (Å²) >= 11 is 0. The summed E-state index contributed by atoms with van der Waals surface area (Å²) in [6.07, 6.45) is 0. The molecule has 6 nitrogen and oxygen atoms in total. The lowest BCUT2D eigenvalue weighted by Crippen LogP contribution is -2.12. The highest BCUT2D eigenvalue weighted by molar-refractivity contribution is 6.13. The highest BCUT2D eigenvalue weighted by Crippen LogP contribution is 2.46. The third-order valence-electron chi connectivity index (χ3n) is 24.9. The quantitative estimate of drug-likeness (QED) is 0.0704. The lowest BCUT2D eigenvalue weighted by molar-refractivity contribution is 1.20. The second-order valence-corrected chi connectivity index (χ2v) is 33.1. The van der Waals surface area contributed by atoms with Gasteiger partial charge in [0.1, 0.15) is 0 Å². The van der Waals surface area contributed by atoms with E-state index in [2.05, 4.69) is 578 Å². The first-order valence-electron chi connectivity index (χ1n) is 44.7. The van der Waals surface area contributed by atoms with Crippen molar-refractivity contribution in [2.75, 3.05) is 50.5 Å². The van der Waals surface area contributed by atoms with Crippen molar-refractivity contribution < 1.29 is 0 Å². The predicted octanol–water partition coefficient (Wildman–Crippen LogP) is 34.9. The van der Waals surface area contributed by atoms with E-state index in [1.54, 1.807) is 0 Å². The number of nitrogens with zero attached hydrogens (tertiary/aromatic N) is 6. The molecule has 22 rings (SSSR count). The zero-order valence-corrected chi connectivity index (χ0v) is 73.4. The second-order valence-electron chi connectivity index (χ2n) is 33.1. The molecule has 0 spiro atoms. The van der Waals surface area contributed by atoms with E-state index in [0.717, 1.165) is 79.6 Å². The van der Waals surface area contributed by atoms with Gasteiger partial charge in [-0.2, -0.15) is 0 Å². The van der Waals surface area contributed by atoms with Crippen molar-refractivity contribution in [2.24, 2.45) is 0 Å². The van der Waals surface area contributed by atoms with E-state index in [0.29, 0.717) is 0 Å². The molecule has 0 atom stereocenters. The van der Waals surface area contributed by atoms with Crippen molar-refractivity contribution in [3.63, 3.8) is 0 Å². The Morgan fingerprint density at radius 1 is 0.115 bits per heavy atom. The summed E-state index contributed by atoms with van der Waals surface area (Å²) in [6.45, 7) is 0. The molecule has 22 aromatic carbocycles. The van der Waals surface area contributed by atoms with E-state index >= 15 is 0 Å². The van der Waals surface area contributed by atoms with Crippen molar-refractivity contribution in [3.05, 3.63) is 528 Å². The summed E-state index contributed by atoms with van der Waals surface area (Å²) in [5.41, 5.74) is 29.1. The molecule has 22 aromatic rings. The van der Waals surface area contributed by atoms with Crippen LogP contribution < -0.4 is 29.4 Å². The summed E-state index contributed by atoms with van der Waals surface area (Å²) < 4.78 is 0. The number of anilines is 15. The van der Waals surface area contributed by atoms with Gasteiger partial charge in [-0.3, -0.25) is 0 Å². The molecule has 0 fully saturated rings. The Morgan fingerprint density at radius 2 is 0.321 bits per heavy atom. The first kappa shape index (κ1) is 82.2. The molecular formula is C125H96N6. The van der Waals surface area contributed by atoms with Crippen LogP contribution in [0.15, 0.2) is 528 Å².